The van der Waals surface area contributed by atoms with Crippen molar-refractivity contribution in [1.82, 2.24) is 2.78 Å². The van der Waals surface area contributed by atoms with Crippen molar-refractivity contribution in [2.75, 3.05) is 0 Å². The van der Waals surface area contributed by atoms with E-state index in [-0.39, 0.29) is 0 Å². The summed E-state index contributed by atoms with van der Waals surface area (Å²) in [4.78, 5) is 0. The number of hydrogen-bond donors (Lipinski definition) is 0. The van der Waals surface area contributed by atoms with Gasteiger partial charge in [-0.3, -0.25) is 0 Å². The molecule has 0 bridgehead atoms. The van der Waals surface area contributed by atoms with Gasteiger partial charge in [0.2, 0.25) is 22.9 Å². The van der Waals surface area contributed by atoms with E-state index in [0.717, 1.165) is 6.54 Å². The number of aromatic nitrogens is 2. The lowest BCUT2D eigenvalue weighted by molar-refractivity contribution is -0.687. The highest BCUT2D eigenvalue weighted by Crippen LogP contribution is 1.98. The molecule has 2 nitrogen and oxygen atoms in total. The van der Waals surface area contributed by atoms with E-state index < -0.39 is 0 Å². The van der Waals surface area contributed by atoms with Crippen LogP contribution in [0.3, 0.4) is 0 Å². The van der Waals surface area contributed by atoms with E-state index in [9.17, 15) is 0 Å². The lowest BCUT2D eigenvalue weighted by Gasteiger charge is -1.95. The smallest absolute Gasteiger partial charge is 0.232 e. The fourth-order valence-electron chi connectivity index (χ4n) is 1.26. The van der Waals surface area contributed by atoms with E-state index in [0.29, 0.717) is 0 Å². The van der Waals surface area contributed by atoms with Crippen LogP contribution >= 0.6 is 22.9 Å². The number of halogens is 1. The molecule has 0 radical (unpaired) electrons. The first-order chi connectivity index (χ1) is 6.34. The molecule has 0 aliphatic rings. The van der Waals surface area contributed by atoms with Crippen molar-refractivity contribution in [1.29, 1.82) is 0 Å². The van der Waals surface area contributed by atoms with Crippen LogP contribution in [0.1, 0.15) is 5.56 Å². The molecule has 0 N–H and O–H groups in total. The largest absolute Gasteiger partial charge is 0.252 e. The SMILES string of the molecule is In1cc[n+](Cc2ccccc2)c1. The molecule has 0 saturated carbocycles. The van der Waals surface area contributed by atoms with Gasteiger partial charge in [0.15, 0.2) is 0 Å². The van der Waals surface area contributed by atoms with E-state index >= 15 is 0 Å². The average Bonchev–Trinajstić information content (AvgIpc) is 2.53. The van der Waals surface area contributed by atoms with Crippen molar-refractivity contribution >= 4 is 22.9 Å². The van der Waals surface area contributed by atoms with Crippen LogP contribution in [0.15, 0.2) is 49.1 Å². The van der Waals surface area contributed by atoms with E-state index in [1.165, 1.54) is 5.56 Å². The van der Waals surface area contributed by atoms with Crippen LogP contribution in [-0.2, 0) is 6.54 Å². The van der Waals surface area contributed by atoms with E-state index in [4.69, 9.17) is 0 Å². The fourth-order valence-corrected chi connectivity index (χ4v) is 1.72. The Morgan fingerprint density at radius 1 is 1.23 bits per heavy atom. The second kappa shape index (κ2) is 3.91. The average molecular weight is 285 g/mol. The van der Waals surface area contributed by atoms with Crippen LogP contribution < -0.4 is 4.57 Å². The molecule has 2 aromatic rings. The Bertz CT molecular complexity index is 381. The standard InChI is InChI=1S/C10H10IN2/c11-13-7-6-12(9-13)8-10-4-2-1-3-5-10/h1-7,9H,8H2/q+1. The minimum Gasteiger partial charge on any atom is -0.232 e. The summed E-state index contributed by atoms with van der Waals surface area (Å²) < 4.78 is 4.17. The molecule has 66 valence electrons. The van der Waals surface area contributed by atoms with Crippen LogP contribution in [0, 0.1) is 0 Å². The zero-order valence-electron chi connectivity index (χ0n) is 7.10. The first-order valence-corrected chi connectivity index (χ1v) is 5.08. The van der Waals surface area contributed by atoms with E-state index in [1.807, 2.05) is 15.0 Å². The summed E-state index contributed by atoms with van der Waals surface area (Å²) in [7, 11) is 0. The van der Waals surface area contributed by atoms with Crippen molar-refractivity contribution in [3.05, 3.63) is 54.6 Å². The molecule has 0 spiro atoms. The lowest BCUT2D eigenvalue weighted by atomic mass is 10.2. The number of nitrogens with zero attached hydrogens (tertiary/aromatic N) is 2. The molecule has 0 fully saturated rings. The molecule has 1 aromatic carbocycles. The molecule has 0 unspecified atom stereocenters. The Balaban J connectivity index is 2.15. The maximum absolute atomic E-state index is 2.24. The Kier molecular flexibility index (Phi) is 2.63. The summed E-state index contributed by atoms with van der Waals surface area (Å²) in [6, 6.07) is 10.4. The number of benzene rings is 1. The summed E-state index contributed by atoms with van der Waals surface area (Å²) in [5, 5.41) is 0. The van der Waals surface area contributed by atoms with Crippen LogP contribution in [0.2, 0.25) is 0 Å². The Morgan fingerprint density at radius 2 is 2.00 bits per heavy atom. The normalized spacial score (nSPS) is 10.2. The van der Waals surface area contributed by atoms with Gasteiger partial charge in [0.25, 0.3) is 6.33 Å². The van der Waals surface area contributed by atoms with Gasteiger partial charge in [0, 0.05) is 0 Å². The molecule has 1 heterocycles. The molecule has 13 heavy (non-hydrogen) atoms. The molecular formula is C10H10IN2+. The summed E-state index contributed by atoms with van der Waals surface area (Å²) in [5.41, 5.74) is 1.33. The minimum atomic E-state index is 0.941. The highest BCUT2D eigenvalue weighted by Gasteiger charge is 2.00. The maximum Gasteiger partial charge on any atom is 0.252 e. The number of rotatable bonds is 2. The van der Waals surface area contributed by atoms with Gasteiger partial charge >= 0.3 is 0 Å². The van der Waals surface area contributed by atoms with Crippen LogP contribution in [-0.4, -0.2) is 2.78 Å². The van der Waals surface area contributed by atoms with Crippen LogP contribution in [0.4, 0.5) is 0 Å². The highest BCUT2D eigenvalue weighted by molar-refractivity contribution is 14.1. The first-order valence-electron chi connectivity index (χ1n) is 4.12. The summed E-state index contributed by atoms with van der Waals surface area (Å²) in [6.07, 6.45) is 6.16. The van der Waals surface area contributed by atoms with Gasteiger partial charge in [-0.2, -0.15) is 2.78 Å². The highest BCUT2D eigenvalue weighted by atomic mass is 127. The topological polar surface area (TPSA) is 8.81 Å². The molecule has 2 rings (SSSR count). The quantitative estimate of drug-likeness (QED) is 0.589. The molecule has 0 atom stereocenters. The number of hydrogen-bond acceptors (Lipinski definition) is 0. The predicted molar refractivity (Wildman–Crippen MR) is 59.6 cm³/mol. The second-order valence-electron chi connectivity index (χ2n) is 2.92. The summed E-state index contributed by atoms with van der Waals surface area (Å²) in [6.45, 7) is 0.941. The Labute approximate surface area is 91.3 Å². The molecule has 0 aliphatic carbocycles. The van der Waals surface area contributed by atoms with Gasteiger partial charge in [-0.1, -0.05) is 30.3 Å². The zero-order valence-corrected chi connectivity index (χ0v) is 9.26. The van der Waals surface area contributed by atoms with Gasteiger partial charge in [-0.25, -0.2) is 4.57 Å². The Morgan fingerprint density at radius 3 is 2.62 bits per heavy atom. The van der Waals surface area contributed by atoms with Gasteiger partial charge < -0.3 is 0 Å². The van der Waals surface area contributed by atoms with Crippen molar-refractivity contribution in [3.63, 3.8) is 0 Å². The third-order valence-corrected chi connectivity index (χ3v) is 2.44. The molecular weight excluding hydrogens is 275 g/mol. The molecule has 3 heteroatoms. The van der Waals surface area contributed by atoms with Crippen molar-refractivity contribution in [2.45, 2.75) is 6.54 Å². The van der Waals surface area contributed by atoms with E-state index in [2.05, 4.69) is 64.2 Å². The lowest BCUT2D eigenvalue weighted by Crippen LogP contribution is -2.31. The maximum atomic E-state index is 2.24. The number of imidazole rings is 1. The second-order valence-corrected chi connectivity index (χ2v) is 4.03. The van der Waals surface area contributed by atoms with Gasteiger partial charge in [-0.15, -0.1) is 0 Å². The predicted octanol–water partition coefficient (Wildman–Crippen LogP) is 2.02. The monoisotopic (exact) mass is 285 g/mol. The van der Waals surface area contributed by atoms with Crippen molar-refractivity contribution < 1.29 is 4.57 Å². The zero-order chi connectivity index (χ0) is 9.10. The summed E-state index contributed by atoms with van der Waals surface area (Å²) in [5.74, 6) is 0. The van der Waals surface area contributed by atoms with Crippen molar-refractivity contribution in [3.8, 4) is 0 Å². The Hall–Kier alpha value is -0.840. The van der Waals surface area contributed by atoms with Gasteiger partial charge in [-0.05, 0) is 5.56 Å². The van der Waals surface area contributed by atoms with Crippen molar-refractivity contribution in [2.24, 2.45) is 0 Å². The third kappa shape index (κ3) is 2.30. The third-order valence-electron chi connectivity index (χ3n) is 1.87. The molecule has 0 aliphatic heterocycles. The first kappa shape index (κ1) is 8.74. The molecule has 0 saturated heterocycles. The minimum absolute atomic E-state index is 0.941. The molecule has 1 aromatic heterocycles. The summed E-state index contributed by atoms with van der Waals surface area (Å²) >= 11 is 2.24. The fraction of sp³-hybridized carbons (Fsp3) is 0.100. The van der Waals surface area contributed by atoms with E-state index in [1.54, 1.807) is 0 Å². The van der Waals surface area contributed by atoms with Gasteiger partial charge in [0.1, 0.15) is 18.9 Å². The molecule has 0 amide bonds. The van der Waals surface area contributed by atoms with Crippen LogP contribution in [0.25, 0.3) is 0 Å². The van der Waals surface area contributed by atoms with Crippen LogP contribution in [0.5, 0.6) is 0 Å². The van der Waals surface area contributed by atoms with Gasteiger partial charge in [0.05, 0.1) is 0 Å².